The van der Waals surface area contributed by atoms with Gasteiger partial charge in [0.25, 0.3) is 0 Å². The van der Waals surface area contributed by atoms with E-state index in [-0.39, 0.29) is 6.04 Å². The Labute approximate surface area is 127 Å². The summed E-state index contributed by atoms with van der Waals surface area (Å²) in [6.07, 6.45) is 8.24. The van der Waals surface area contributed by atoms with Gasteiger partial charge in [-0.1, -0.05) is 42.6 Å². The van der Waals surface area contributed by atoms with E-state index in [1.54, 1.807) is 0 Å². The molecule has 0 bridgehead atoms. The van der Waals surface area contributed by atoms with E-state index in [2.05, 4.69) is 17.0 Å². The molecule has 1 aliphatic heterocycles. The van der Waals surface area contributed by atoms with Gasteiger partial charge in [-0.2, -0.15) is 0 Å². The van der Waals surface area contributed by atoms with E-state index >= 15 is 0 Å². The second-order valence-corrected chi connectivity index (χ2v) is 6.67. The van der Waals surface area contributed by atoms with Crippen molar-refractivity contribution in [3.05, 3.63) is 34.9 Å². The van der Waals surface area contributed by atoms with E-state index in [0.717, 1.165) is 17.0 Å². The molecule has 1 saturated carbocycles. The van der Waals surface area contributed by atoms with E-state index in [9.17, 15) is 0 Å². The maximum atomic E-state index is 6.41. The number of nitrogens with zero attached hydrogens (tertiary/aromatic N) is 1. The highest BCUT2D eigenvalue weighted by Crippen LogP contribution is 2.40. The van der Waals surface area contributed by atoms with Crippen molar-refractivity contribution in [3.63, 3.8) is 0 Å². The van der Waals surface area contributed by atoms with Gasteiger partial charge >= 0.3 is 0 Å². The molecule has 3 heteroatoms. The fourth-order valence-corrected chi connectivity index (χ4v) is 4.50. The predicted octanol–water partition coefficient (Wildman–Crippen LogP) is 3.99. The van der Waals surface area contributed by atoms with Crippen LogP contribution >= 0.6 is 11.6 Å². The lowest BCUT2D eigenvalue weighted by atomic mass is 9.77. The van der Waals surface area contributed by atoms with Crippen LogP contribution in [0.15, 0.2) is 24.3 Å². The molecule has 1 heterocycles. The highest BCUT2D eigenvalue weighted by Gasteiger charge is 2.37. The van der Waals surface area contributed by atoms with E-state index in [0.29, 0.717) is 6.54 Å². The van der Waals surface area contributed by atoms with Crippen LogP contribution in [0.3, 0.4) is 0 Å². The number of hydrogen-bond donors (Lipinski definition) is 1. The molecule has 2 fully saturated rings. The summed E-state index contributed by atoms with van der Waals surface area (Å²) >= 11 is 6.41. The summed E-state index contributed by atoms with van der Waals surface area (Å²) in [5.41, 5.74) is 7.34. The van der Waals surface area contributed by atoms with E-state index in [1.807, 2.05) is 12.1 Å². The fourth-order valence-electron chi connectivity index (χ4n) is 4.24. The van der Waals surface area contributed by atoms with Gasteiger partial charge in [-0.25, -0.2) is 0 Å². The van der Waals surface area contributed by atoms with Crippen LogP contribution in [0.2, 0.25) is 5.02 Å². The quantitative estimate of drug-likeness (QED) is 0.912. The fraction of sp³-hybridized carbons (Fsp3) is 0.647. The van der Waals surface area contributed by atoms with Crippen molar-refractivity contribution in [1.29, 1.82) is 0 Å². The SMILES string of the molecule is NCC(c1ccccc1Cl)N1CCC[C@H]2CCCC[C@H]21. The molecule has 2 nitrogen and oxygen atoms in total. The maximum absolute atomic E-state index is 6.41. The van der Waals surface area contributed by atoms with E-state index in [4.69, 9.17) is 17.3 Å². The van der Waals surface area contributed by atoms with Crippen LogP contribution in [-0.4, -0.2) is 24.0 Å². The maximum Gasteiger partial charge on any atom is 0.0488 e. The zero-order chi connectivity index (χ0) is 13.9. The average molecular weight is 293 g/mol. The number of benzene rings is 1. The van der Waals surface area contributed by atoms with Crippen molar-refractivity contribution in [1.82, 2.24) is 4.90 Å². The molecule has 2 aliphatic rings. The third kappa shape index (κ3) is 2.74. The Morgan fingerprint density at radius 2 is 1.90 bits per heavy atom. The molecule has 0 radical (unpaired) electrons. The van der Waals surface area contributed by atoms with Crippen LogP contribution in [0.4, 0.5) is 0 Å². The number of nitrogens with two attached hydrogens (primary N) is 1. The molecular formula is C17H25ClN2. The molecule has 0 aromatic heterocycles. The molecule has 0 amide bonds. The highest BCUT2D eigenvalue weighted by atomic mass is 35.5. The first kappa shape index (κ1) is 14.4. The molecule has 3 rings (SSSR count). The number of halogens is 1. The van der Waals surface area contributed by atoms with Crippen LogP contribution in [-0.2, 0) is 0 Å². The van der Waals surface area contributed by atoms with Crippen LogP contribution in [0, 0.1) is 5.92 Å². The predicted molar refractivity (Wildman–Crippen MR) is 84.9 cm³/mol. The summed E-state index contributed by atoms with van der Waals surface area (Å²) in [6.45, 7) is 1.83. The molecule has 0 spiro atoms. The van der Waals surface area contributed by atoms with Crippen molar-refractivity contribution in [3.8, 4) is 0 Å². The second-order valence-electron chi connectivity index (χ2n) is 6.26. The monoisotopic (exact) mass is 292 g/mol. The third-order valence-electron chi connectivity index (χ3n) is 5.17. The van der Waals surface area contributed by atoms with Crippen LogP contribution in [0.25, 0.3) is 0 Å². The van der Waals surface area contributed by atoms with Crippen LogP contribution in [0.1, 0.15) is 50.1 Å². The first-order chi connectivity index (χ1) is 9.81. The van der Waals surface area contributed by atoms with Crippen molar-refractivity contribution in [2.45, 2.75) is 50.6 Å². The van der Waals surface area contributed by atoms with Crippen LogP contribution in [0.5, 0.6) is 0 Å². The molecule has 1 aliphatic carbocycles. The zero-order valence-electron chi connectivity index (χ0n) is 12.1. The van der Waals surface area contributed by atoms with Crippen molar-refractivity contribution in [2.24, 2.45) is 11.7 Å². The molecule has 1 aromatic carbocycles. The molecule has 3 atom stereocenters. The topological polar surface area (TPSA) is 29.3 Å². The Morgan fingerprint density at radius 3 is 2.70 bits per heavy atom. The van der Waals surface area contributed by atoms with Gasteiger partial charge in [0, 0.05) is 23.7 Å². The number of rotatable bonds is 3. The lowest BCUT2D eigenvalue weighted by molar-refractivity contribution is 0.0276. The van der Waals surface area contributed by atoms with Gasteiger partial charge in [0.05, 0.1) is 0 Å². The first-order valence-corrected chi connectivity index (χ1v) is 8.39. The largest absolute Gasteiger partial charge is 0.329 e. The Balaban J connectivity index is 1.86. The van der Waals surface area contributed by atoms with Gasteiger partial charge in [0.15, 0.2) is 0 Å². The number of piperidine rings is 1. The standard InChI is InChI=1S/C17H25ClN2/c18-15-9-3-2-8-14(15)17(12-19)20-11-5-7-13-6-1-4-10-16(13)20/h2-3,8-9,13,16-17H,1,4-7,10-12,19H2/t13-,16-,17?/m1/s1. The molecule has 20 heavy (non-hydrogen) atoms. The number of hydrogen-bond acceptors (Lipinski definition) is 2. The lowest BCUT2D eigenvalue weighted by Crippen LogP contribution is -2.50. The number of likely N-dealkylation sites (tertiary alicyclic amines) is 1. The summed E-state index contributed by atoms with van der Waals surface area (Å²) in [6, 6.07) is 9.22. The minimum Gasteiger partial charge on any atom is -0.329 e. The lowest BCUT2D eigenvalue weighted by Gasteiger charge is -2.47. The molecule has 2 N–H and O–H groups in total. The Kier molecular flexibility index (Phi) is 4.65. The second kappa shape index (κ2) is 6.46. The molecule has 1 unspecified atom stereocenters. The van der Waals surface area contributed by atoms with Crippen molar-refractivity contribution < 1.29 is 0 Å². The normalized spacial score (nSPS) is 28.9. The molecule has 110 valence electrons. The minimum absolute atomic E-state index is 0.287. The molecular weight excluding hydrogens is 268 g/mol. The number of fused-ring (bicyclic) bond motifs is 1. The molecule has 1 saturated heterocycles. The first-order valence-electron chi connectivity index (χ1n) is 8.01. The highest BCUT2D eigenvalue weighted by molar-refractivity contribution is 6.31. The van der Waals surface area contributed by atoms with Gasteiger partial charge in [0.2, 0.25) is 0 Å². The Hall–Kier alpha value is -0.570. The van der Waals surface area contributed by atoms with Crippen LogP contribution < -0.4 is 5.73 Å². The van der Waals surface area contributed by atoms with Gasteiger partial charge in [-0.05, 0) is 49.8 Å². The Morgan fingerprint density at radius 1 is 1.15 bits per heavy atom. The third-order valence-corrected chi connectivity index (χ3v) is 5.52. The van der Waals surface area contributed by atoms with Crippen molar-refractivity contribution >= 4 is 11.6 Å². The average Bonchev–Trinajstić information content (AvgIpc) is 2.50. The summed E-state index contributed by atoms with van der Waals surface area (Å²) in [5, 5.41) is 0.862. The van der Waals surface area contributed by atoms with Gasteiger partial charge in [-0.3, -0.25) is 4.90 Å². The summed E-state index contributed by atoms with van der Waals surface area (Å²) in [4.78, 5) is 2.66. The summed E-state index contributed by atoms with van der Waals surface area (Å²) < 4.78 is 0. The van der Waals surface area contributed by atoms with Gasteiger partial charge < -0.3 is 5.73 Å². The summed E-state index contributed by atoms with van der Waals surface area (Å²) in [5.74, 6) is 0.883. The smallest absolute Gasteiger partial charge is 0.0488 e. The Bertz CT molecular complexity index is 446. The summed E-state index contributed by atoms with van der Waals surface area (Å²) in [7, 11) is 0. The van der Waals surface area contributed by atoms with Gasteiger partial charge in [0.1, 0.15) is 0 Å². The molecule has 1 aromatic rings. The van der Waals surface area contributed by atoms with E-state index < -0.39 is 0 Å². The van der Waals surface area contributed by atoms with Crippen molar-refractivity contribution in [2.75, 3.05) is 13.1 Å². The minimum atomic E-state index is 0.287. The van der Waals surface area contributed by atoms with E-state index in [1.165, 1.54) is 50.6 Å². The van der Waals surface area contributed by atoms with Gasteiger partial charge in [-0.15, -0.1) is 0 Å². The zero-order valence-corrected chi connectivity index (χ0v) is 12.9.